The first-order valence-electron chi connectivity index (χ1n) is 10.1. The largest absolute Gasteiger partial charge is 0.364 e. The lowest BCUT2D eigenvalue weighted by molar-refractivity contribution is 0.964. The van der Waals surface area contributed by atoms with E-state index in [4.69, 9.17) is 0 Å². The summed E-state index contributed by atoms with van der Waals surface area (Å²) < 4.78 is 0. The third kappa shape index (κ3) is 5.03. The highest BCUT2D eigenvalue weighted by atomic mass is 15.1. The lowest BCUT2D eigenvalue weighted by atomic mass is 10.1. The molecule has 0 aliphatic heterocycles. The molecule has 0 N–H and O–H groups in total. The van der Waals surface area contributed by atoms with Gasteiger partial charge in [-0.05, 0) is 22.6 Å². The third-order valence-electron chi connectivity index (χ3n) is 4.98. The highest BCUT2D eigenvalue weighted by molar-refractivity contribution is 5.94. The van der Waals surface area contributed by atoms with E-state index >= 15 is 0 Å². The average Bonchev–Trinajstić information content (AvgIpc) is 2.79. The number of rotatable bonds is 7. The average molecular weight is 376 g/mol. The van der Waals surface area contributed by atoms with Gasteiger partial charge in [0, 0.05) is 24.2 Å². The molecule has 0 radical (unpaired) electrons. The fourth-order valence-corrected chi connectivity index (χ4v) is 3.52. The van der Waals surface area contributed by atoms with Gasteiger partial charge < -0.3 is 4.90 Å². The van der Waals surface area contributed by atoms with Crippen LogP contribution in [0.3, 0.4) is 0 Å². The molecular formula is C28H25N. The van der Waals surface area contributed by atoms with Crippen molar-refractivity contribution >= 4 is 28.6 Å². The number of fused-ring (bicyclic) bond motifs is 1. The van der Waals surface area contributed by atoms with Crippen LogP contribution in [0.4, 0.5) is 5.69 Å². The zero-order valence-corrected chi connectivity index (χ0v) is 16.5. The van der Waals surface area contributed by atoms with Crippen molar-refractivity contribution in [3.05, 3.63) is 126 Å². The van der Waals surface area contributed by atoms with Crippen LogP contribution in [0.1, 0.15) is 11.1 Å². The first kappa shape index (κ1) is 18.8. The van der Waals surface area contributed by atoms with Crippen LogP contribution in [0.25, 0.3) is 22.9 Å². The Morgan fingerprint density at radius 3 is 1.66 bits per heavy atom. The Kier molecular flexibility index (Phi) is 6.19. The van der Waals surface area contributed by atoms with Gasteiger partial charge in [0.2, 0.25) is 0 Å². The topological polar surface area (TPSA) is 3.24 Å². The first-order chi connectivity index (χ1) is 14.4. The Hall–Kier alpha value is -3.58. The van der Waals surface area contributed by atoms with Crippen LogP contribution < -0.4 is 4.90 Å². The molecule has 1 heteroatoms. The normalized spacial score (nSPS) is 11.4. The molecule has 0 bridgehead atoms. The minimum absolute atomic E-state index is 0.849. The maximum absolute atomic E-state index is 2.42. The molecule has 29 heavy (non-hydrogen) atoms. The standard InChI is InChI=1S/C28H25N/c1-3-12-24(13-4-1)16-10-22-29(23-11-17-25-14-5-2-6-15-25)28-21-9-19-26-18-7-8-20-27(26)28/h1-21H,22-23H2/b16-10-,17-11+. The smallest absolute Gasteiger partial charge is 0.0451 e. The van der Waals surface area contributed by atoms with Gasteiger partial charge in [-0.25, -0.2) is 0 Å². The van der Waals surface area contributed by atoms with Gasteiger partial charge in [-0.15, -0.1) is 0 Å². The quantitative estimate of drug-likeness (QED) is 0.334. The van der Waals surface area contributed by atoms with E-state index in [0.29, 0.717) is 0 Å². The van der Waals surface area contributed by atoms with E-state index in [2.05, 4.69) is 120 Å². The third-order valence-corrected chi connectivity index (χ3v) is 4.98. The Balaban J connectivity index is 1.59. The second-order valence-electron chi connectivity index (χ2n) is 7.03. The summed E-state index contributed by atoms with van der Waals surface area (Å²) in [5.74, 6) is 0. The van der Waals surface area contributed by atoms with Crippen LogP contribution in [0.15, 0.2) is 115 Å². The van der Waals surface area contributed by atoms with Gasteiger partial charge in [-0.2, -0.15) is 0 Å². The van der Waals surface area contributed by atoms with Gasteiger partial charge in [0.15, 0.2) is 0 Å². The maximum atomic E-state index is 2.42. The lowest BCUT2D eigenvalue weighted by Gasteiger charge is -2.23. The Morgan fingerprint density at radius 2 is 1.03 bits per heavy atom. The van der Waals surface area contributed by atoms with Gasteiger partial charge in [0.25, 0.3) is 0 Å². The van der Waals surface area contributed by atoms with Crippen LogP contribution in [-0.2, 0) is 0 Å². The van der Waals surface area contributed by atoms with Crippen molar-refractivity contribution in [3.63, 3.8) is 0 Å². The molecule has 142 valence electrons. The summed E-state index contributed by atoms with van der Waals surface area (Å²) >= 11 is 0. The lowest BCUT2D eigenvalue weighted by Crippen LogP contribution is -2.23. The monoisotopic (exact) mass is 375 g/mol. The molecule has 0 heterocycles. The molecule has 0 saturated carbocycles. The second-order valence-corrected chi connectivity index (χ2v) is 7.03. The highest BCUT2D eigenvalue weighted by Crippen LogP contribution is 2.27. The van der Waals surface area contributed by atoms with E-state index < -0.39 is 0 Å². The van der Waals surface area contributed by atoms with Crippen LogP contribution >= 0.6 is 0 Å². The van der Waals surface area contributed by atoms with Crippen LogP contribution in [-0.4, -0.2) is 13.1 Å². The Labute approximate surface area is 173 Å². The minimum atomic E-state index is 0.849. The van der Waals surface area contributed by atoms with Gasteiger partial charge in [0.05, 0.1) is 0 Å². The minimum Gasteiger partial charge on any atom is -0.364 e. The van der Waals surface area contributed by atoms with E-state index in [0.717, 1.165) is 13.1 Å². The predicted octanol–water partition coefficient (Wildman–Crippen LogP) is 7.07. The first-order valence-corrected chi connectivity index (χ1v) is 10.1. The molecule has 4 aromatic carbocycles. The summed E-state index contributed by atoms with van der Waals surface area (Å²) in [4.78, 5) is 2.42. The molecule has 0 spiro atoms. The van der Waals surface area contributed by atoms with E-state index in [-0.39, 0.29) is 0 Å². The van der Waals surface area contributed by atoms with Crippen LogP contribution in [0.5, 0.6) is 0 Å². The number of hydrogen-bond donors (Lipinski definition) is 0. The molecule has 0 aliphatic carbocycles. The van der Waals surface area contributed by atoms with Crippen molar-refractivity contribution in [2.24, 2.45) is 0 Å². The molecule has 0 atom stereocenters. The van der Waals surface area contributed by atoms with E-state index in [1.54, 1.807) is 0 Å². The van der Waals surface area contributed by atoms with Gasteiger partial charge in [-0.1, -0.05) is 121 Å². The molecule has 0 aromatic heterocycles. The number of anilines is 1. The van der Waals surface area contributed by atoms with E-state index in [1.165, 1.54) is 27.6 Å². The number of nitrogens with zero attached hydrogens (tertiary/aromatic N) is 1. The number of hydrogen-bond acceptors (Lipinski definition) is 1. The molecule has 0 saturated heterocycles. The van der Waals surface area contributed by atoms with Crippen molar-refractivity contribution < 1.29 is 0 Å². The SMILES string of the molecule is C(=C/c1ccccc1)/CN(C/C=C/c1ccccc1)c1cccc2ccccc12. The zero-order chi connectivity index (χ0) is 19.7. The van der Waals surface area contributed by atoms with Crippen molar-refractivity contribution in [3.8, 4) is 0 Å². The van der Waals surface area contributed by atoms with Gasteiger partial charge in [0.1, 0.15) is 0 Å². The molecule has 0 fully saturated rings. The van der Waals surface area contributed by atoms with Gasteiger partial charge >= 0.3 is 0 Å². The van der Waals surface area contributed by atoms with Crippen molar-refractivity contribution in [2.45, 2.75) is 0 Å². The summed E-state index contributed by atoms with van der Waals surface area (Å²) in [6, 6.07) is 36.1. The summed E-state index contributed by atoms with van der Waals surface area (Å²) in [7, 11) is 0. The Bertz CT molecular complexity index is 1040. The summed E-state index contributed by atoms with van der Waals surface area (Å²) in [5, 5.41) is 2.56. The molecule has 4 rings (SSSR count). The van der Waals surface area contributed by atoms with Crippen molar-refractivity contribution in [1.82, 2.24) is 0 Å². The van der Waals surface area contributed by atoms with Crippen LogP contribution in [0.2, 0.25) is 0 Å². The number of benzene rings is 4. The molecule has 0 aliphatic rings. The molecular weight excluding hydrogens is 350 g/mol. The van der Waals surface area contributed by atoms with E-state index in [9.17, 15) is 0 Å². The summed E-state index contributed by atoms with van der Waals surface area (Å²) in [5.41, 5.74) is 3.72. The van der Waals surface area contributed by atoms with Crippen molar-refractivity contribution in [1.29, 1.82) is 0 Å². The Morgan fingerprint density at radius 1 is 0.517 bits per heavy atom. The van der Waals surface area contributed by atoms with Crippen LogP contribution in [0, 0.1) is 0 Å². The molecule has 4 aromatic rings. The van der Waals surface area contributed by atoms with Gasteiger partial charge in [-0.3, -0.25) is 0 Å². The summed E-state index contributed by atoms with van der Waals surface area (Å²) in [6.07, 6.45) is 8.87. The summed E-state index contributed by atoms with van der Waals surface area (Å²) in [6.45, 7) is 1.70. The fraction of sp³-hybridized carbons (Fsp3) is 0.0714. The molecule has 1 nitrogen and oxygen atoms in total. The zero-order valence-electron chi connectivity index (χ0n) is 16.5. The maximum Gasteiger partial charge on any atom is 0.0451 e. The predicted molar refractivity (Wildman–Crippen MR) is 127 cm³/mol. The highest BCUT2D eigenvalue weighted by Gasteiger charge is 2.07. The second kappa shape index (κ2) is 9.57. The van der Waals surface area contributed by atoms with E-state index in [1.807, 2.05) is 12.1 Å². The molecule has 0 amide bonds. The molecule has 0 unspecified atom stereocenters. The van der Waals surface area contributed by atoms with Crippen molar-refractivity contribution in [2.75, 3.05) is 18.0 Å². The fourth-order valence-electron chi connectivity index (χ4n) is 3.52.